The van der Waals surface area contributed by atoms with Gasteiger partial charge in [0.15, 0.2) is 10.0 Å². The molecule has 2 N–H and O–H groups in total. The maximum absolute atomic E-state index is 5.79. The second kappa shape index (κ2) is 4.35. The number of nitrogens with two attached hydrogens (primary N) is 1. The monoisotopic (exact) mass is 245 g/mol. The van der Waals surface area contributed by atoms with Crippen molar-refractivity contribution in [3.8, 4) is 10.0 Å². The lowest BCUT2D eigenvalue weighted by molar-refractivity contribution is 0.936. The number of hydrogen-bond donors (Lipinski definition) is 1. The zero-order valence-corrected chi connectivity index (χ0v) is 9.62. The quantitative estimate of drug-likeness (QED) is 0.904. The van der Waals surface area contributed by atoms with Crippen molar-refractivity contribution in [1.82, 2.24) is 9.97 Å². The van der Waals surface area contributed by atoms with Gasteiger partial charge in [-0.1, -0.05) is 22.9 Å². The molecule has 2 aromatic rings. The molecule has 0 amide bonds. The molecule has 0 spiro atoms. The average Bonchev–Trinajstić information content (AvgIpc) is 2.74. The van der Waals surface area contributed by atoms with Crippen LogP contribution in [0.15, 0.2) is 11.6 Å². The molecule has 0 aromatic carbocycles. The second-order valence-corrected chi connectivity index (χ2v) is 5.17. The minimum Gasteiger partial charge on any atom is -0.330 e. The summed E-state index contributed by atoms with van der Waals surface area (Å²) < 4.78 is 0.690. The molecule has 0 fully saturated rings. The molecule has 0 aliphatic carbocycles. The molecule has 0 aliphatic rings. The topological polar surface area (TPSA) is 51.8 Å². The Morgan fingerprint density at radius 1 is 1.43 bits per heavy atom. The van der Waals surface area contributed by atoms with Gasteiger partial charge < -0.3 is 5.73 Å². The van der Waals surface area contributed by atoms with Crippen molar-refractivity contribution in [2.75, 3.05) is 6.54 Å². The number of aromatic nitrogens is 2. The normalized spacial score (nSPS) is 10.7. The zero-order valence-electron chi connectivity index (χ0n) is 7.24. The standard InChI is InChI=1S/C8H8ClN3S2/c9-6-3-11-7(14-6)8-12-5(1-2-10)4-13-8/h3-4H,1-2,10H2. The van der Waals surface area contributed by atoms with Crippen LogP contribution in [-0.2, 0) is 6.42 Å². The lowest BCUT2D eigenvalue weighted by Gasteiger charge is -1.88. The van der Waals surface area contributed by atoms with Crippen LogP contribution in [0.1, 0.15) is 5.69 Å². The summed E-state index contributed by atoms with van der Waals surface area (Å²) in [6.45, 7) is 0.627. The van der Waals surface area contributed by atoms with Crippen LogP contribution in [0.3, 0.4) is 0 Å². The molecule has 0 unspecified atom stereocenters. The summed E-state index contributed by atoms with van der Waals surface area (Å²) in [4.78, 5) is 8.57. The van der Waals surface area contributed by atoms with E-state index in [1.807, 2.05) is 5.38 Å². The highest BCUT2D eigenvalue weighted by Gasteiger charge is 2.07. The van der Waals surface area contributed by atoms with Gasteiger partial charge in [0, 0.05) is 11.8 Å². The van der Waals surface area contributed by atoms with E-state index in [9.17, 15) is 0 Å². The molecule has 0 bridgehead atoms. The molecular formula is C8H8ClN3S2. The third-order valence-electron chi connectivity index (χ3n) is 1.61. The number of nitrogens with zero attached hydrogens (tertiary/aromatic N) is 2. The molecule has 6 heteroatoms. The first-order chi connectivity index (χ1) is 6.79. The van der Waals surface area contributed by atoms with E-state index in [0.717, 1.165) is 22.1 Å². The van der Waals surface area contributed by atoms with Gasteiger partial charge in [-0.25, -0.2) is 9.97 Å². The van der Waals surface area contributed by atoms with Crippen molar-refractivity contribution in [2.24, 2.45) is 5.73 Å². The van der Waals surface area contributed by atoms with E-state index >= 15 is 0 Å². The van der Waals surface area contributed by atoms with Crippen LogP contribution < -0.4 is 5.73 Å². The Labute approximate surface area is 94.6 Å². The zero-order chi connectivity index (χ0) is 9.97. The largest absolute Gasteiger partial charge is 0.330 e. The van der Waals surface area contributed by atoms with E-state index < -0.39 is 0 Å². The van der Waals surface area contributed by atoms with Gasteiger partial charge in [-0.2, -0.15) is 0 Å². The molecular weight excluding hydrogens is 238 g/mol. The fraction of sp³-hybridized carbons (Fsp3) is 0.250. The summed E-state index contributed by atoms with van der Waals surface area (Å²) in [5.41, 5.74) is 6.47. The molecule has 74 valence electrons. The fourth-order valence-corrected chi connectivity index (χ4v) is 2.83. The molecule has 2 rings (SSSR count). The van der Waals surface area contributed by atoms with Crippen LogP contribution in [0, 0.1) is 0 Å². The summed E-state index contributed by atoms with van der Waals surface area (Å²) in [5, 5.41) is 3.81. The second-order valence-electron chi connectivity index (χ2n) is 2.65. The van der Waals surface area contributed by atoms with E-state index in [4.69, 9.17) is 17.3 Å². The number of thiazole rings is 2. The molecule has 0 saturated carbocycles. The first kappa shape index (κ1) is 10.0. The molecule has 2 aromatic heterocycles. The Bertz CT molecular complexity index is 424. The average molecular weight is 246 g/mol. The molecule has 0 aliphatic heterocycles. The summed E-state index contributed by atoms with van der Waals surface area (Å²) in [5.74, 6) is 0. The maximum Gasteiger partial charge on any atom is 0.153 e. The van der Waals surface area contributed by atoms with Crippen LogP contribution >= 0.6 is 34.3 Å². The number of rotatable bonds is 3. The van der Waals surface area contributed by atoms with Crippen molar-refractivity contribution < 1.29 is 0 Å². The molecule has 2 heterocycles. The molecule has 0 atom stereocenters. The summed E-state index contributed by atoms with van der Waals surface area (Å²) >= 11 is 8.81. The minimum absolute atomic E-state index is 0.627. The molecule has 0 saturated heterocycles. The van der Waals surface area contributed by atoms with Crippen LogP contribution in [0.5, 0.6) is 0 Å². The number of hydrogen-bond acceptors (Lipinski definition) is 5. The smallest absolute Gasteiger partial charge is 0.153 e. The molecule has 14 heavy (non-hydrogen) atoms. The highest BCUT2D eigenvalue weighted by molar-refractivity contribution is 7.22. The van der Waals surface area contributed by atoms with Crippen LogP contribution in [-0.4, -0.2) is 16.5 Å². The van der Waals surface area contributed by atoms with Gasteiger partial charge in [-0.05, 0) is 6.54 Å². The molecule has 0 radical (unpaired) electrons. The van der Waals surface area contributed by atoms with Crippen molar-refractivity contribution in [1.29, 1.82) is 0 Å². The Morgan fingerprint density at radius 2 is 2.29 bits per heavy atom. The van der Waals surface area contributed by atoms with Gasteiger partial charge in [-0.15, -0.1) is 11.3 Å². The lowest BCUT2D eigenvalue weighted by Crippen LogP contribution is -2.02. The first-order valence-corrected chi connectivity index (χ1v) is 6.13. The highest BCUT2D eigenvalue weighted by atomic mass is 35.5. The van der Waals surface area contributed by atoms with Crippen LogP contribution in [0.2, 0.25) is 4.34 Å². The highest BCUT2D eigenvalue weighted by Crippen LogP contribution is 2.30. The van der Waals surface area contributed by atoms with Gasteiger partial charge >= 0.3 is 0 Å². The van der Waals surface area contributed by atoms with E-state index in [2.05, 4.69) is 9.97 Å². The Kier molecular flexibility index (Phi) is 3.12. The van der Waals surface area contributed by atoms with Gasteiger partial charge in [0.1, 0.15) is 4.34 Å². The summed E-state index contributed by atoms with van der Waals surface area (Å²) in [7, 11) is 0. The molecule has 3 nitrogen and oxygen atoms in total. The third kappa shape index (κ3) is 2.12. The van der Waals surface area contributed by atoms with Gasteiger partial charge in [0.25, 0.3) is 0 Å². The van der Waals surface area contributed by atoms with Crippen molar-refractivity contribution in [3.63, 3.8) is 0 Å². The van der Waals surface area contributed by atoms with Crippen molar-refractivity contribution in [2.45, 2.75) is 6.42 Å². The first-order valence-electron chi connectivity index (χ1n) is 4.06. The van der Waals surface area contributed by atoms with E-state index in [0.29, 0.717) is 10.9 Å². The Balaban J connectivity index is 2.24. The Hall–Kier alpha value is -0.490. The maximum atomic E-state index is 5.79. The summed E-state index contributed by atoms with van der Waals surface area (Å²) in [6, 6.07) is 0. The minimum atomic E-state index is 0.627. The van der Waals surface area contributed by atoms with Gasteiger partial charge in [0.05, 0.1) is 11.9 Å². The Morgan fingerprint density at radius 3 is 2.93 bits per heavy atom. The predicted octanol–water partition coefficient (Wildman–Crippen LogP) is 2.42. The number of halogens is 1. The van der Waals surface area contributed by atoms with Gasteiger partial charge in [-0.3, -0.25) is 0 Å². The lowest BCUT2D eigenvalue weighted by atomic mass is 10.3. The van der Waals surface area contributed by atoms with Crippen molar-refractivity contribution >= 4 is 34.3 Å². The van der Waals surface area contributed by atoms with E-state index in [-0.39, 0.29) is 0 Å². The van der Waals surface area contributed by atoms with Gasteiger partial charge in [0.2, 0.25) is 0 Å². The SMILES string of the molecule is NCCc1csc(-c2ncc(Cl)s2)n1. The summed E-state index contributed by atoms with van der Waals surface area (Å²) in [6.07, 6.45) is 2.46. The van der Waals surface area contributed by atoms with Crippen LogP contribution in [0.4, 0.5) is 0 Å². The van der Waals surface area contributed by atoms with Crippen LogP contribution in [0.25, 0.3) is 10.0 Å². The fourth-order valence-electron chi connectivity index (χ4n) is 1.02. The third-order valence-corrected chi connectivity index (χ3v) is 3.76. The van der Waals surface area contributed by atoms with Crippen molar-refractivity contribution in [3.05, 3.63) is 21.6 Å². The van der Waals surface area contributed by atoms with E-state index in [1.165, 1.54) is 11.3 Å². The predicted molar refractivity (Wildman–Crippen MR) is 61.0 cm³/mol. The van der Waals surface area contributed by atoms with E-state index in [1.54, 1.807) is 17.5 Å².